The third-order valence-electron chi connectivity index (χ3n) is 3.50. The molecule has 1 aliphatic heterocycles. The summed E-state index contributed by atoms with van der Waals surface area (Å²) in [6, 6.07) is 0. The van der Waals surface area contributed by atoms with E-state index in [1.54, 1.807) is 4.90 Å². The standard InChI is InChI=1S/C12H22N4O2/c13-3-4-14-11(17)12(18)16-7-5-15(6-8-16)9-10-1-2-10/h10H,1-9,13H2,(H,14,17). The van der Waals surface area contributed by atoms with Gasteiger partial charge in [0.1, 0.15) is 0 Å². The van der Waals surface area contributed by atoms with Gasteiger partial charge in [0, 0.05) is 45.8 Å². The lowest BCUT2D eigenvalue weighted by Gasteiger charge is -2.34. The van der Waals surface area contributed by atoms with Crippen LogP contribution in [0.15, 0.2) is 0 Å². The molecule has 0 bridgehead atoms. The fourth-order valence-corrected chi connectivity index (χ4v) is 2.20. The van der Waals surface area contributed by atoms with Crippen LogP contribution in [-0.2, 0) is 9.59 Å². The first-order chi connectivity index (χ1) is 8.70. The van der Waals surface area contributed by atoms with Crippen molar-refractivity contribution in [2.24, 2.45) is 11.7 Å². The first-order valence-corrected chi connectivity index (χ1v) is 6.70. The quantitative estimate of drug-likeness (QED) is 0.606. The van der Waals surface area contributed by atoms with E-state index in [4.69, 9.17) is 5.73 Å². The molecule has 0 aromatic heterocycles. The highest BCUT2D eigenvalue weighted by Crippen LogP contribution is 2.29. The van der Waals surface area contributed by atoms with Gasteiger partial charge >= 0.3 is 11.8 Å². The molecule has 0 unspecified atom stereocenters. The van der Waals surface area contributed by atoms with Gasteiger partial charge in [0.2, 0.25) is 0 Å². The molecule has 2 aliphatic rings. The highest BCUT2D eigenvalue weighted by atomic mass is 16.2. The van der Waals surface area contributed by atoms with Crippen molar-refractivity contribution in [3.05, 3.63) is 0 Å². The topological polar surface area (TPSA) is 78.7 Å². The molecule has 0 aromatic rings. The average Bonchev–Trinajstić information content (AvgIpc) is 3.20. The summed E-state index contributed by atoms with van der Waals surface area (Å²) in [5.74, 6) is -0.0780. The number of rotatable bonds is 4. The Morgan fingerprint density at radius 1 is 1.17 bits per heavy atom. The van der Waals surface area contributed by atoms with Gasteiger partial charge in [-0.1, -0.05) is 0 Å². The van der Waals surface area contributed by atoms with Gasteiger partial charge in [-0.2, -0.15) is 0 Å². The number of piperazine rings is 1. The SMILES string of the molecule is NCCNC(=O)C(=O)N1CCN(CC2CC2)CC1. The van der Waals surface area contributed by atoms with Gasteiger partial charge in [0.15, 0.2) is 0 Å². The van der Waals surface area contributed by atoms with Crippen molar-refractivity contribution >= 4 is 11.8 Å². The third-order valence-corrected chi connectivity index (χ3v) is 3.50. The first-order valence-electron chi connectivity index (χ1n) is 6.70. The molecule has 6 nitrogen and oxygen atoms in total. The Labute approximate surface area is 107 Å². The second kappa shape index (κ2) is 6.15. The smallest absolute Gasteiger partial charge is 0.311 e. The van der Waals surface area contributed by atoms with Crippen LogP contribution in [0.25, 0.3) is 0 Å². The molecule has 2 fully saturated rings. The van der Waals surface area contributed by atoms with Gasteiger partial charge in [-0.25, -0.2) is 0 Å². The van der Waals surface area contributed by atoms with E-state index >= 15 is 0 Å². The molecule has 1 aliphatic carbocycles. The number of amides is 2. The van der Waals surface area contributed by atoms with E-state index in [2.05, 4.69) is 10.2 Å². The van der Waals surface area contributed by atoms with Gasteiger partial charge in [-0.3, -0.25) is 14.5 Å². The second-order valence-electron chi connectivity index (χ2n) is 5.08. The molecule has 1 saturated carbocycles. The van der Waals surface area contributed by atoms with Crippen molar-refractivity contribution < 1.29 is 9.59 Å². The first kappa shape index (κ1) is 13.3. The molecule has 2 amide bonds. The fraction of sp³-hybridized carbons (Fsp3) is 0.833. The van der Waals surface area contributed by atoms with Crippen LogP contribution in [0.2, 0.25) is 0 Å². The highest BCUT2D eigenvalue weighted by Gasteiger charge is 2.29. The minimum atomic E-state index is -0.531. The second-order valence-corrected chi connectivity index (χ2v) is 5.08. The van der Waals surface area contributed by atoms with E-state index in [1.165, 1.54) is 12.8 Å². The van der Waals surface area contributed by atoms with Crippen molar-refractivity contribution in [3.63, 3.8) is 0 Å². The van der Waals surface area contributed by atoms with E-state index in [1.807, 2.05) is 0 Å². The van der Waals surface area contributed by atoms with Crippen LogP contribution < -0.4 is 11.1 Å². The van der Waals surface area contributed by atoms with Crippen LogP contribution >= 0.6 is 0 Å². The number of nitrogens with zero attached hydrogens (tertiary/aromatic N) is 2. The number of carbonyl (C=O) groups excluding carboxylic acids is 2. The lowest BCUT2D eigenvalue weighted by molar-refractivity contribution is -0.146. The van der Waals surface area contributed by atoms with Gasteiger partial charge < -0.3 is 16.0 Å². The van der Waals surface area contributed by atoms with Crippen molar-refractivity contribution in [1.29, 1.82) is 0 Å². The van der Waals surface area contributed by atoms with E-state index < -0.39 is 11.8 Å². The van der Waals surface area contributed by atoms with E-state index in [-0.39, 0.29) is 0 Å². The predicted octanol–water partition coefficient (Wildman–Crippen LogP) is -1.38. The van der Waals surface area contributed by atoms with E-state index in [0.717, 1.165) is 25.6 Å². The molecule has 1 saturated heterocycles. The van der Waals surface area contributed by atoms with Crippen molar-refractivity contribution in [2.45, 2.75) is 12.8 Å². The zero-order valence-electron chi connectivity index (χ0n) is 10.7. The van der Waals surface area contributed by atoms with E-state index in [9.17, 15) is 9.59 Å². The van der Waals surface area contributed by atoms with Crippen molar-refractivity contribution in [3.8, 4) is 0 Å². The van der Waals surface area contributed by atoms with Gasteiger partial charge in [0.05, 0.1) is 0 Å². The van der Waals surface area contributed by atoms with Crippen molar-refractivity contribution in [1.82, 2.24) is 15.1 Å². The molecule has 18 heavy (non-hydrogen) atoms. The summed E-state index contributed by atoms with van der Waals surface area (Å²) in [5.41, 5.74) is 5.28. The highest BCUT2D eigenvalue weighted by molar-refractivity contribution is 6.35. The van der Waals surface area contributed by atoms with Gasteiger partial charge in [-0.05, 0) is 18.8 Å². The van der Waals surface area contributed by atoms with Gasteiger partial charge in [-0.15, -0.1) is 0 Å². The summed E-state index contributed by atoms with van der Waals surface area (Å²) < 4.78 is 0. The Hall–Kier alpha value is -1.14. The Morgan fingerprint density at radius 2 is 1.83 bits per heavy atom. The van der Waals surface area contributed by atoms with Crippen LogP contribution in [0.4, 0.5) is 0 Å². The zero-order valence-corrected chi connectivity index (χ0v) is 10.7. The molecule has 0 atom stereocenters. The summed E-state index contributed by atoms with van der Waals surface area (Å²) in [6.45, 7) is 4.93. The van der Waals surface area contributed by atoms with Gasteiger partial charge in [0.25, 0.3) is 0 Å². The molecule has 1 heterocycles. The maximum atomic E-state index is 11.8. The zero-order chi connectivity index (χ0) is 13.0. The Morgan fingerprint density at radius 3 is 2.39 bits per heavy atom. The number of hydrogen-bond acceptors (Lipinski definition) is 4. The predicted molar refractivity (Wildman–Crippen MR) is 67.8 cm³/mol. The van der Waals surface area contributed by atoms with Crippen LogP contribution in [0.1, 0.15) is 12.8 Å². The third kappa shape index (κ3) is 3.68. The number of nitrogens with two attached hydrogens (primary N) is 1. The van der Waals surface area contributed by atoms with Crippen LogP contribution in [0.3, 0.4) is 0 Å². The summed E-state index contributed by atoms with van der Waals surface area (Å²) in [6.07, 6.45) is 2.70. The van der Waals surface area contributed by atoms with Crippen LogP contribution in [0, 0.1) is 5.92 Å². The normalized spacial score (nSPS) is 20.8. The maximum absolute atomic E-state index is 11.8. The molecule has 6 heteroatoms. The Bertz CT molecular complexity index is 309. The number of carbonyl (C=O) groups is 2. The maximum Gasteiger partial charge on any atom is 0.311 e. The summed E-state index contributed by atoms with van der Waals surface area (Å²) >= 11 is 0. The van der Waals surface area contributed by atoms with Crippen molar-refractivity contribution in [2.75, 3.05) is 45.8 Å². The molecular weight excluding hydrogens is 232 g/mol. The monoisotopic (exact) mass is 254 g/mol. The Balaban J connectivity index is 1.70. The molecule has 3 N–H and O–H groups in total. The molecular formula is C12H22N4O2. The number of nitrogens with one attached hydrogen (secondary N) is 1. The average molecular weight is 254 g/mol. The van der Waals surface area contributed by atoms with E-state index in [0.29, 0.717) is 26.2 Å². The summed E-state index contributed by atoms with van der Waals surface area (Å²) in [5, 5.41) is 2.51. The minimum Gasteiger partial charge on any atom is -0.347 e. The summed E-state index contributed by atoms with van der Waals surface area (Å²) in [4.78, 5) is 27.3. The molecule has 0 spiro atoms. The lowest BCUT2D eigenvalue weighted by Crippen LogP contribution is -2.53. The van der Waals surface area contributed by atoms with Crippen LogP contribution in [0.5, 0.6) is 0 Å². The van der Waals surface area contributed by atoms with Crippen LogP contribution in [-0.4, -0.2) is 67.4 Å². The largest absolute Gasteiger partial charge is 0.347 e. The minimum absolute atomic E-state index is 0.353. The molecule has 0 aromatic carbocycles. The summed E-state index contributed by atoms with van der Waals surface area (Å²) in [7, 11) is 0. The molecule has 102 valence electrons. The Kier molecular flexibility index (Phi) is 4.54. The number of hydrogen-bond donors (Lipinski definition) is 2. The fourth-order valence-electron chi connectivity index (χ4n) is 2.20. The molecule has 0 radical (unpaired) electrons. The lowest BCUT2D eigenvalue weighted by atomic mass is 10.2. The molecule has 2 rings (SSSR count).